The fourth-order valence-electron chi connectivity index (χ4n) is 2.96. The van der Waals surface area contributed by atoms with Crippen LogP contribution >= 0.6 is 0 Å². The molecule has 37 heavy (non-hydrogen) atoms. The summed E-state index contributed by atoms with van der Waals surface area (Å²) in [4.78, 5) is 24.8. The molecule has 15 heteroatoms. The van der Waals surface area contributed by atoms with Gasteiger partial charge in [-0.25, -0.2) is 12.6 Å². The molecule has 0 atom stereocenters. The van der Waals surface area contributed by atoms with Crippen molar-refractivity contribution >= 4 is 49.2 Å². The molecule has 0 spiro atoms. The predicted molar refractivity (Wildman–Crippen MR) is 132 cm³/mol. The number of anilines is 1. The Labute approximate surface area is 214 Å². The first-order chi connectivity index (χ1) is 17.4. The van der Waals surface area contributed by atoms with Gasteiger partial charge in [-0.05, 0) is 48.5 Å². The average Bonchev–Trinajstić information content (AvgIpc) is 2.86. The number of carbonyl (C=O) groups is 2. The van der Waals surface area contributed by atoms with Gasteiger partial charge in [0.2, 0.25) is 0 Å². The first-order valence-electron chi connectivity index (χ1n) is 10.8. The van der Waals surface area contributed by atoms with Crippen molar-refractivity contribution in [3.8, 4) is 0 Å². The number of esters is 2. The van der Waals surface area contributed by atoms with Gasteiger partial charge in [-0.2, -0.15) is 18.6 Å². The minimum atomic E-state index is -4.72. The Kier molecular flexibility index (Phi) is 11.1. The van der Waals surface area contributed by atoms with Gasteiger partial charge in [0.1, 0.15) is 0 Å². The Morgan fingerprint density at radius 3 is 1.70 bits per heavy atom. The van der Waals surface area contributed by atoms with E-state index in [1.807, 2.05) is 4.90 Å². The number of rotatable bonds is 14. The maximum Gasteiger partial charge on any atom is 0.397 e. The lowest BCUT2D eigenvalue weighted by Crippen LogP contribution is -2.29. The highest BCUT2D eigenvalue weighted by atomic mass is 32.3. The number of carbonyl (C=O) groups excluding carboxylic acids is 2. The van der Waals surface area contributed by atoms with Crippen molar-refractivity contribution in [1.82, 2.24) is 0 Å². The minimum Gasteiger partial charge on any atom is -0.469 e. The summed E-state index contributed by atoms with van der Waals surface area (Å²) in [6.07, 6.45) is 0.275. The van der Waals surface area contributed by atoms with Crippen LogP contribution in [-0.4, -0.2) is 73.0 Å². The molecule has 0 aromatic heterocycles. The topological polar surface area (TPSA) is 178 Å². The molecule has 1 N–H and O–H groups in total. The van der Waals surface area contributed by atoms with E-state index in [1.54, 1.807) is 24.3 Å². The van der Waals surface area contributed by atoms with Gasteiger partial charge in [-0.3, -0.25) is 14.1 Å². The third-order valence-corrected chi connectivity index (χ3v) is 7.06. The molecule has 2 aromatic rings. The fourth-order valence-corrected chi connectivity index (χ4v) is 4.45. The molecule has 0 amide bonds. The number of ether oxygens (including phenoxy) is 2. The minimum absolute atomic E-state index is 0.0752. The van der Waals surface area contributed by atoms with Crippen LogP contribution in [0, 0.1) is 0 Å². The van der Waals surface area contributed by atoms with Gasteiger partial charge in [0, 0.05) is 18.8 Å². The summed E-state index contributed by atoms with van der Waals surface area (Å²) >= 11 is 0. The molecule has 0 unspecified atom stereocenters. The number of benzene rings is 2. The molecular formula is C22H27N3O10S2. The van der Waals surface area contributed by atoms with E-state index in [9.17, 15) is 26.4 Å². The van der Waals surface area contributed by atoms with E-state index in [2.05, 4.69) is 23.9 Å². The zero-order valence-corrected chi connectivity index (χ0v) is 21.8. The van der Waals surface area contributed by atoms with Crippen molar-refractivity contribution in [2.24, 2.45) is 10.2 Å². The van der Waals surface area contributed by atoms with E-state index in [0.29, 0.717) is 24.5 Å². The molecule has 0 bridgehead atoms. The predicted octanol–water partition coefficient (Wildman–Crippen LogP) is 2.63. The van der Waals surface area contributed by atoms with Gasteiger partial charge in [0.25, 0.3) is 0 Å². The summed E-state index contributed by atoms with van der Waals surface area (Å²) in [7, 11) is -5.96. The van der Waals surface area contributed by atoms with Crippen molar-refractivity contribution in [2.45, 2.75) is 17.7 Å². The third-order valence-electron chi connectivity index (χ3n) is 4.90. The standard InChI is InChI=1S/C22H27N3O10S2/c1-33-21(26)11-13-25(14-12-22(27)34-2)19-7-3-17(4-8-19)23-24-18-5-9-20(10-6-18)36(28,29)16-15-35-37(30,31)32/h3-10H,11-16H2,1-2H3,(H,30,31,32). The fraction of sp³-hybridized carbons (Fsp3) is 0.364. The van der Waals surface area contributed by atoms with Gasteiger partial charge in [0.15, 0.2) is 9.84 Å². The second kappa shape index (κ2) is 13.8. The summed E-state index contributed by atoms with van der Waals surface area (Å²) in [6, 6.07) is 12.3. The first kappa shape index (κ1) is 29.8. The lowest BCUT2D eigenvalue weighted by atomic mass is 10.2. The van der Waals surface area contributed by atoms with Crippen molar-refractivity contribution in [3.63, 3.8) is 0 Å². The zero-order valence-electron chi connectivity index (χ0n) is 20.1. The SMILES string of the molecule is COC(=O)CCN(CCC(=O)OC)c1ccc(N=Nc2ccc(S(=O)(=O)CCOS(=O)(=O)O)cc2)cc1. The average molecular weight is 558 g/mol. The maximum atomic E-state index is 12.2. The number of sulfone groups is 1. The molecule has 0 fully saturated rings. The van der Waals surface area contributed by atoms with Crippen molar-refractivity contribution in [3.05, 3.63) is 48.5 Å². The van der Waals surface area contributed by atoms with Crippen LogP contribution in [0.15, 0.2) is 63.7 Å². The van der Waals surface area contributed by atoms with E-state index in [4.69, 9.17) is 4.55 Å². The van der Waals surface area contributed by atoms with Gasteiger partial charge in [0.05, 0.1) is 55.7 Å². The molecule has 0 aliphatic carbocycles. The Bertz CT molecular complexity index is 1270. The number of azo groups is 1. The molecule has 0 saturated heterocycles. The van der Waals surface area contributed by atoms with Gasteiger partial charge < -0.3 is 14.4 Å². The number of nitrogens with zero attached hydrogens (tertiary/aromatic N) is 3. The van der Waals surface area contributed by atoms with E-state index < -0.39 is 32.6 Å². The lowest BCUT2D eigenvalue weighted by molar-refractivity contribution is -0.140. The van der Waals surface area contributed by atoms with Crippen LogP contribution in [0.4, 0.5) is 17.1 Å². The molecule has 2 aromatic carbocycles. The Hall–Kier alpha value is -3.40. The van der Waals surface area contributed by atoms with Crippen LogP contribution in [0.25, 0.3) is 0 Å². The Morgan fingerprint density at radius 1 is 0.811 bits per heavy atom. The molecular weight excluding hydrogens is 530 g/mol. The molecule has 13 nitrogen and oxygen atoms in total. The summed E-state index contributed by atoms with van der Waals surface area (Å²) in [5.41, 5.74) is 1.62. The molecule has 0 aliphatic heterocycles. The van der Waals surface area contributed by atoms with Gasteiger partial charge >= 0.3 is 22.3 Å². The maximum absolute atomic E-state index is 12.2. The normalized spacial score (nSPS) is 11.9. The van der Waals surface area contributed by atoms with Gasteiger partial charge in [-0.15, -0.1) is 0 Å². The van der Waals surface area contributed by atoms with Crippen LogP contribution in [0.5, 0.6) is 0 Å². The quantitative estimate of drug-likeness (QED) is 0.205. The summed E-state index contributed by atoms with van der Waals surface area (Å²) in [6.45, 7) is -0.0507. The van der Waals surface area contributed by atoms with Crippen LogP contribution in [-0.2, 0) is 43.5 Å². The van der Waals surface area contributed by atoms with E-state index >= 15 is 0 Å². The van der Waals surface area contributed by atoms with E-state index in [0.717, 1.165) is 5.69 Å². The first-order valence-corrected chi connectivity index (χ1v) is 13.8. The number of hydrogen-bond donors (Lipinski definition) is 1. The molecule has 2 rings (SSSR count). The van der Waals surface area contributed by atoms with E-state index in [-0.39, 0.29) is 29.7 Å². The smallest absolute Gasteiger partial charge is 0.397 e. The van der Waals surface area contributed by atoms with Crippen LogP contribution in [0.2, 0.25) is 0 Å². The van der Waals surface area contributed by atoms with Crippen LogP contribution < -0.4 is 4.90 Å². The second-order valence-electron chi connectivity index (χ2n) is 7.42. The lowest BCUT2D eigenvalue weighted by Gasteiger charge is -2.24. The highest BCUT2D eigenvalue weighted by Gasteiger charge is 2.16. The molecule has 202 valence electrons. The van der Waals surface area contributed by atoms with Crippen molar-refractivity contribution < 1.29 is 44.6 Å². The van der Waals surface area contributed by atoms with Crippen molar-refractivity contribution in [2.75, 3.05) is 44.6 Å². The van der Waals surface area contributed by atoms with Crippen LogP contribution in [0.3, 0.4) is 0 Å². The monoisotopic (exact) mass is 557 g/mol. The second-order valence-corrected chi connectivity index (χ2v) is 10.6. The molecule has 0 heterocycles. The highest BCUT2D eigenvalue weighted by Crippen LogP contribution is 2.24. The van der Waals surface area contributed by atoms with Crippen LogP contribution in [0.1, 0.15) is 12.8 Å². The summed E-state index contributed by atoms with van der Waals surface area (Å²) in [5.74, 6) is -1.39. The summed E-state index contributed by atoms with van der Waals surface area (Å²) < 4.78 is 67.5. The number of methoxy groups -OCH3 is 2. The molecule has 0 saturated carbocycles. The van der Waals surface area contributed by atoms with Crippen molar-refractivity contribution in [1.29, 1.82) is 0 Å². The Morgan fingerprint density at radius 2 is 1.27 bits per heavy atom. The summed E-state index contributed by atoms with van der Waals surface area (Å²) in [5, 5.41) is 8.18. The Balaban J connectivity index is 2.05. The largest absolute Gasteiger partial charge is 0.469 e. The highest BCUT2D eigenvalue weighted by molar-refractivity contribution is 7.91. The number of hydrogen-bond acceptors (Lipinski definition) is 12. The third kappa shape index (κ3) is 10.6. The molecule has 0 aliphatic rings. The molecule has 0 radical (unpaired) electrons. The zero-order chi connectivity index (χ0) is 27.5. The van der Waals surface area contributed by atoms with E-state index in [1.165, 1.54) is 38.5 Å². The van der Waals surface area contributed by atoms with Gasteiger partial charge in [-0.1, -0.05) is 0 Å².